The minimum atomic E-state index is -1.03. The standard InChI is InChI=1S/C9H12N2O2/c1-2-13-8(12)9(5-10)7-3-6(7)4-11-9/h6-7,11H,2-4H2,1H3. The van der Waals surface area contributed by atoms with Gasteiger partial charge in [-0.2, -0.15) is 5.26 Å². The maximum atomic E-state index is 11.5. The van der Waals surface area contributed by atoms with E-state index in [1.807, 2.05) is 0 Å². The third-order valence-corrected chi connectivity index (χ3v) is 2.90. The second-order valence-corrected chi connectivity index (χ2v) is 3.62. The lowest BCUT2D eigenvalue weighted by Crippen LogP contribution is -2.50. The quantitative estimate of drug-likeness (QED) is 0.610. The Bertz CT molecular complexity index is 284. The number of ether oxygens (including phenoxy) is 1. The monoisotopic (exact) mass is 180 g/mol. The third kappa shape index (κ3) is 1.04. The van der Waals surface area contributed by atoms with Crippen molar-refractivity contribution in [3.63, 3.8) is 0 Å². The summed E-state index contributed by atoms with van der Waals surface area (Å²) < 4.78 is 4.89. The molecule has 13 heavy (non-hydrogen) atoms. The summed E-state index contributed by atoms with van der Waals surface area (Å²) in [5.41, 5.74) is -1.03. The van der Waals surface area contributed by atoms with Gasteiger partial charge in [0.15, 0.2) is 0 Å². The highest BCUT2D eigenvalue weighted by atomic mass is 16.5. The third-order valence-electron chi connectivity index (χ3n) is 2.90. The van der Waals surface area contributed by atoms with Crippen molar-refractivity contribution in [1.82, 2.24) is 5.32 Å². The van der Waals surface area contributed by atoms with Crippen LogP contribution in [0.2, 0.25) is 0 Å². The van der Waals surface area contributed by atoms with Crippen LogP contribution in [0.25, 0.3) is 0 Å². The molecule has 1 aliphatic heterocycles. The summed E-state index contributed by atoms with van der Waals surface area (Å²) in [5, 5.41) is 12.0. The minimum absolute atomic E-state index is 0.191. The zero-order valence-electron chi connectivity index (χ0n) is 7.54. The van der Waals surface area contributed by atoms with Crippen LogP contribution in [0, 0.1) is 23.2 Å². The number of carbonyl (C=O) groups excluding carboxylic acids is 1. The molecule has 4 heteroatoms. The highest BCUT2D eigenvalue weighted by molar-refractivity contribution is 5.86. The van der Waals surface area contributed by atoms with Crippen LogP contribution in [0.15, 0.2) is 0 Å². The van der Waals surface area contributed by atoms with Gasteiger partial charge in [-0.25, -0.2) is 4.79 Å². The fourth-order valence-electron chi connectivity index (χ4n) is 2.06. The first-order chi connectivity index (χ1) is 6.24. The van der Waals surface area contributed by atoms with Gasteiger partial charge in [-0.05, 0) is 19.3 Å². The molecule has 70 valence electrons. The van der Waals surface area contributed by atoms with Crippen LogP contribution in [-0.2, 0) is 9.53 Å². The smallest absolute Gasteiger partial charge is 0.341 e. The van der Waals surface area contributed by atoms with Crippen LogP contribution in [0.5, 0.6) is 0 Å². The van der Waals surface area contributed by atoms with E-state index in [0.29, 0.717) is 12.5 Å². The van der Waals surface area contributed by atoms with E-state index in [-0.39, 0.29) is 5.92 Å². The Morgan fingerprint density at radius 3 is 3.00 bits per heavy atom. The van der Waals surface area contributed by atoms with Crippen molar-refractivity contribution >= 4 is 5.97 Å². The number of rotatable bonds is 2. The Labute approximate surface area is 76.9 Å². The molecule has 0 amide bonds. The maximum Gasteiger partial charge on any atom is 0.341 e. The Kier molecular flexibility index (Phi) is 1.77. The van der Waals surface area contributed by atoms with E-state index in [4.69, 9.17) is 10.00 Å². The molecule has 0 radical (unpaired) electrons. The molecule has 0 aromatic heterocycles. The lowest BCUT2D eigenvalue weighted by atomic mass is 9.97. The van der Waals surface area contributed by atoms with Gasteiger partial charge >= 0.3 is 5.97 Å². The molecule has 3 atom stereocenters. The highest BCUT2D eigenvalue weighted by Gasteiger charge is 2.63. The molecule has 1 saturated heterocycles. The van der Waals surface area contributed by atoms with E-state index < -0.39 is 11.5 Å². The molecule has 1 saturated carbocycles. The molecular weight excluding hydrogens is 168 g/mol. The second kappa shape index (κ2) is 2.71. The van der Waals surface area contributed by atoms with Crippen LogP contribution in [-0.4, -0.2) is 24.7 Å². The van der Waals surface area contributed by atoms with Crippen LogP contribution in [0.4, 0.5) is 0 Å². The van der Waals surface area contributed by atoms with Crippen LogP contribution in [0.3, 0.4) is 0 Å². The summed E-state index contributed by atoms with van der Waals surface area (Å²) in [4.78, 5) is 11.5. The fraction of sp³-hybridized carbons (Fsp3) is 0.778. The van der Waals surface area contributed by atoms with Crippen molar-refractivity contribution in [2.75, 3.05) is 13.2 Å². The fourth-order valence-corrected chi connectivity index (χ4v) is 2.06. The summed E-state index contributed by atoms with van der Waals surface area (Å²) >= 11 is 0. The molecule has 1 heterocycles. The average molecular weight is 180 g/mol. The van der Waals surface area contributed by atoms with Gasteiger partial charge in [0.05, 0.1) is 12.7 Å². The number of carbonyl (C=O) groups is 1. The molecule has 0 bridgehead atoms. The Morgan fingerprint density at radius 1 is 1.85 bits per heavy atom. The van der Waals surface area contributed by atoms with Gasteiger partial charge in [-0.1, -0.05) is 0 Å². The molecular formula is C9H12N2O2. The molecule has 2 aliphatic rings. The summed E-state index contributed by atoms with van der Waals surface area (Å²) in [6, 6.07) is 2.07. The van der Waals surface area contributed by atoms with Gasteiger partial charge in [0, 0.05) is 12.5 Å². The Balaban J connectivity index is 2.16. The summed E-state index contributed by atoms with van der Waals surface area (Å²) in [7, 11) is 0. The Hall–Kier alpha value is -1.08. The molecule has 0 aromatic carbocycles. The van der Waals surface area contributed by atoms with Crippen molar-refractivity contribution in [3.8, 4) is 6.07 Å². The number of esters is 1. The first-order valence-corrected chi connectivity index (χ1v) is 4.58. The molecule has 0 aromatic rings. The van der Waals surface area contributed by atoms with Gasteiger partial charge in [0.1, 0.15) is 0 Å². The normalized spacial score (nSPS) is 40.6. The van der Waals surface area contributed by atoms with Crippen molar-refractivity contribution in [2.24, 2.45) is 11.8 Å². The van der Waals surface area contributed by atoms with Crippen molar-refractivity contribution in [3.05, 3.63) is 0 Å². The van der Waals surface area contributed by atoms with Crippen molar-refractivity contribution in [1.29, 1.82) is 5.26 Å². The van der Waals surface area contributed by atoms with E-state index in [0.717, 1.165) is 13.0 Å². The average Bonchev–Trinajstić information content (AvgIpc) is 2.82. The summed E-state index contributed by atoms with van der Waals surface area (Å²) in [5.74, 6) is 0.308. The number of piperidine rings is 1. The topological polar surface area (TPSA) is 62.1 Å². The molecule has 4 nitrogen and oxygen atoms in total. The number of hydrogen-bond acceptors (Lipinski definition) is 4. The predicted molar refractivity (Wildman–Crippen MR) is 44.6 cm³/mol. The largest absolute Gasteiger partial charge is 0.464 e. The zero-order valence-corrected chi connectivity index (χ0v) is 7.54. The molecule has 2 fully saturated rings. The number of nitriles is 1. The zero-order chi connectivity index (χ0) is 9.47. The SMILES string of the molecule is CCOC(=O)C1(C#N)NCC2CC21. The number of hydrogen-bond donors (Lipinski definition) is 1. The summed E-state index contributed by atoms with van der Waals surface area (Å²) in [6.07, 6.45) is 0.985. The Morgan fingerprint density at radius 2 is 2.62 bits per heavy atom. The molecule has 3 unspecified atom stereocenters. The van der Waals surface area contributed by atoms with E-state index in [2.05, 4.69) is 11.4 Å². The van der Waals surface area contributed by atoms with Crippen molar-refractivity contribution in [2.45, 2.75) is 18.9 Å². The van der Waals surface area contributed by atoms with Crippen LogP contribution >= 0.6 is 0 Å². The highest BCUT2D eigenvalue weighted by Crippen LogP contribution is 2.51. The van der Waals surface area contributed by atoms with Gasteiger partial charge < -0.3 is 4.74 Å². The number of fused-ring (bicyclic) bond motifs is 1. The van der Waals surface area contributed by atoms with Crippen LogP contribution in [0.1, 0.15) is 13.3 Å². The van der Waals surface area contributed by atoms with Gasteiger partial charge in [0.2, 0.25) is 5.54 Å². The summed E-state index contributed by atoms with van der Waals surface area (Å²) in [6.45, 7) is 2.86. The second-order valence-electron chi connectivity index (χ2n) is 3.62. The van der Waals surface area contributed by atoms with E-state index in [1.165, 1.54) is 0 Å². The van der Waals surface area contributed by atoms with Gasteiger partial charge in [0.25, 0.3) is 0 Å². The first kappa shape index (κ1) is 8.52. The lowest BCUT2D eigenvalue weighted by Gasteiger charge is -2.20. The van der Waals surface area contributed by atoms with Gasteiger partial charge in [-0.3, -0.25) is 5.32 Å². The van der Waals surface area contributed by atoms with Crippen molar-refractivity contribution < 1.29 is 9.53 Å². The van der Waals surface area contributed by atoms with E-state index in [1.54, 1.807) is 6.92 Å². The van der Waals surface area contributed by atoms with Gasteiger partial charge in [-0.15, -0.1) is 0 Å². The molecule has 0 spiro atoms. The van der Waals surface area contributed by atoms with Crippen LogP contribution < -0.4 is 5.32 Å². The number of nitrogens with zero attached hydrogens (tertiary/aromatic N) is 1. The minimum Gasteiger partial charge on any atom is -0.464 e. The molecule has 2 rings (SSSR count). The predicted octanol–water partition coefficient (Wildman–Crippen LogP) is 0.0512. The van der Waals surface area contributed by atoms with E-state index >= 15 is 0 Å². The first-order valence-electron chi connectivity index (χ1n) is 4.58. The maximum absolute atomic E-state index is 11.5. The lowest BCUT2D eigenvalue weighted by molar-refractivity contribution is -0.148. The molecule has 1 aliphatic carbocycles. The number of nitrogens with one attached hydrogen (secondary N) is 1. The van der Waals surface area contributed by atoms with E-state index in [9.17, 15) is 4.79 Å². The molecule has 1 N–H and O–H groups in total.